The Balaban J connectivity index is 3.30. The summed E-state index contributed by atoms with van der Waals surface area (Å²) in [6, 6.07) is 5.23. The summed E-state index contributed by atoms with van der Waals surface area (Å²) in [7, 11) is 0. The van der Waals surface area contributed by atoms with Gasteiger partial charge < -0.3 is 0 Å². The van der Waals surface area contributed by atoms with Crippen molar-refractivity contribution in [1.29, 1.82) is 5.26 Å². The van der Waals surface area contributed by atoms with Crippen LogP contribution in [0.2, 0.25) is 15.1 Å². The lowest BCUT2D eigenvalue weighted by Crippen LogP contribution is -1.92. The maximum atomic E-state index is 8.71. The van der Waals surface area contributed by atoms with Crippen molar-refractivity contribution in [2.45, 2.75) is 12.8 Å². The fraction of sp³-hybridized carbons (Fsp3) is 0.222. The predicted octanol–water partition coefficient (Wildman–Crippen LogP) is 4.27. The lowest BCUT2D eigenvalue weighted by atomic mass is 10.0. The fourth-order valence-corrected chi connectivity index (χ4v) is 2.18. The second kappa shape index (κ2) is 4.19. The zero-order valence-corrected chi connectivity index (χ0v) is 9.08. The molecular formula is C9H6Cl3N. The van der Waals surface area contributed by atoms with Crippen LogP contribution in [0.25, 0.3) is 0 Å². The summed E-state index contributed by atoms with van der Waals surface area (Å²) in [4.78, 5) is 0. The third kappa shape index (κ3) is 2.28. The highest BCUT2D eigenvalue weighted by atomic mass is 35.5. The Bertz CT molecular complexity index is 345. The van der Waals surface area contributed by atoms with Crippen LogP contribution in [0, 0.1) is 11.3 Å². The maximum absolute atomic E-state index is 8.71. The molecule has 0 fully saturated rings. The molecule has 0 heterocycles. The van der Waals surface area contributed by atoms with Crippen LogP contribution < -0.4 is 0 Å². The number of rotatable bonds is 1. The summed E-state index contributed by atoms with van der Waals surface area (Å²) in [5, 5.41) is 10.1. The number of halogens is 3. The Morgan fingerprint density at radius 1 is 1.23 bits per heavy atom. The average Bonchev–Trinajstić information content (AvgIpc) is 2.02. The summed E-state index contributed by atoms with van der Waals surface area (Å²) < 4.78 is 0. The van der Waals surface area contributed by atoms with E-state index < -0.39 is 0 Å². The van der Waals surface area contributed by atoms with Gasteiger partial charge in [-0.2, -0.15) is 5.26 Å². The molecule has 0 aliphatic rings. The van der Waals surface area contributed by atoms with Gasteiger partial charge in [0.15, 0.2) is 0 Å². The largest absolute Gasteiger partial charge is 0.198 e. The van der Waals surface area contributed by atoms with E-state index in [0.717, 1.165) is 0 Å². The van der Waals surface area contributed by atoms with Crippen LogP contribution in [-0.2, 0) is 0 Å². The molecule has 0 saturated carbocycles. The molecular weight excluding hydrogens is 228 g/mol. The maximum Gasteiger partial charge on any atom is 0.0713 e. The minimum Gasteiger partial charge on any atom is -0.198 e. The van der Waals surface area contributed by atoms with E-state index in [2.05, 4.69) is 6.07 Å². The van der Waals surface area contributed by atoms with Gasteiger partial charge in [0, 0.05) is 20.6 Å². The smallest absolute Gasteiger partial charge is 0.0713 e. The number of benzene rings is 1. The van der Waals surface area contributed by atoms with E-state index in [1.54, 1.807) is 19.1 Å². The van der Waals surface area contributed by atoms with E-state index in [-0.39, 0.29) is 5.92 Å². The van der Waals surface area contributed by atoms with Crippen LogP contribution >= 0.6 is 34.8 Å². The number of hydrogen-bond donors (Lipinski definition) is 0. The van der Waals surface area contributed by atoms with Crippen molar-refractivity contribution in [3.05, 3.63) is 32.8 Å². The Morgan fingerprint density at radius 3 is 2.08 bits per heavy atom. The number of nitrogens with zero attached hydrogens (tertiary/aromatic N) is 1. The molecule has 1 aromatic carbocycles. The summed E-state index contributed by atoms with van der Waals surface area (Å²) in [6.45, 7) is 1.74. The van der Waals surface area contributed by atoms with Crippen molar-refractivity contribution in [2.24, 2.45) is 0 Å². The van der Waals surface area contributed by atoms with Gasteiger partial charge in [-0.25, -0.2) is 0 Å². The van der Waals surface area contributed by atoms with E-state index in [0.29, 0.717) is 20.6 Å². The molecule has 1 nitrogen and oxygen atoms in total. The highest BCUT2D eigenvalue weighted by molar-refractivity contribution is 6.39. The standard InChI is InChI=1S/C9H6Cl3N/c1-5(4-13)9-7(11)2-6(10)3-8(9)12/h2-3,5H,1H3. The molecule has 1 rings (SSSR count). The predicted molar refractivity (Wildman–Crippen MR) is 55.5 cm³/mol. The van der Waals surface area contributed by atoms with Gasteiger partial charge in [-0.05, 0) is 19.1 Å². The number of nitriles is 1. The van der Waals surface area contributed by atoms with Crippen LogP contribution in [0.5, 0.6) is 0 Å². The van der Waals surface area contributed by atoms with Gasteiger partial charge in [0.1, 0.15) is 0 Å². The van der Waals surface area contributed by atoms with Gasteiger partial charge in [0.05, 0.1) is 12.0 Å². The Morgan fingerprint density at radius 2 is 1.69 bits per heavy atom. The Labute approximate surface area is 91.8 Å². The minimum absolute atomic E-state index is 0.322. The SMILES string of the molecule is CC(C#N)c1c(Cl)cc(Cl)cc1Cl. The van der Waals surface area contributed by atoms with Crippen molar-refractivity contribution < 1.29 is 0 Å². The average molecular weight is 235 g/mol. The first-order chi connectivity index (χ1) is 6.06. The highest BCUT2D eigenvalue weighted by Crippen LogP contribution is 2.33. The van der Waals surface area contributed by atoms with Gasteiger partial charge in [0.2, 0.25) is 0 Å². The van der Waals surface area contributed by atoms with Crippen molar-refractivity contribution in [3.8, 4) is 6.07 Å². The molecule has 0 spiro atoms. The third-order valence-corrected chi connectivity index (χ3v) is 2.51. The molecule has 0 N–H and O–H groups in total. The van der Waals surface area contributed by atoms with Gasteiger partial charge in [-0.15, -0.1) is 0 Å². The Kier molecular flexibility index (Phi) is 3.44. The fourth-order valence-electron chi connectivity index (χ4n) is 1.03. The molecule has 4 heteroatoms. The van der Waals surface area contributed by atoms with Crippen molar-refractivity contribution in [1.82, 2.24) is 0 Å². The first-order valence-electron chi connectivity index (χ1n) is 3.60. The quantitative estimate of drug-likeness (QED) is 0.712. The van der Waals surface area contributed by atoms with Crippen molar-refractivity contribution >= 4 is 34.8 Å². The second-order valence-electron chi connectivity index (χ2n) is 2.63. The molecule has 1 atom stereocenters. The first kappa shape index (κ1) is 10.7. The normalized spacial score (nSPS) is 12.2. The molecule has 0 aliphatic carbocycles. The lowest BCUT2D eigenvalue weighted by Gasteiger charge is -2.08. The monoisotopic (exact) mass is 233 g/mol. The lowest BCUT2D eigenvalue weighted by molar-refractivity contribution is 0.982. The van der Waals surface area contributed by atoms with Crippen LogP contribution in [0.4, 0.5) is 0 Å². The molecule has 68 valence electrons. The van der Waals surface area contributed by atoms with Crippen molar-refractivity contribution in [2.75, 3.05) is 0 Å². The van der Waals surface area contributed by atoms with E-state index in [1.807, 2.05) is 0 Å². The molecule has 0 radical (unpaired) electrons. The number of hydrogen-bond acceptors (Lipinski definition) is 1. The van der Waals surface area contributed by atoms with Crippen LogP contribution in [0.1, 0.15) is 18.4 Å². The zero-order valence-electron chi connectivity index (χ0n) is 6.81. The molecule has 0 amide bonds. The molecule has 13 heavy (non-hydrogen) atoms. The zero-order chi connectivity index (χ0) is 10.0. The molecule has 0 aliphatic heterocycles. The first-order valence-corrected chi connectivity index (χ1v) is 4.73. The van der Waals surface area contributed by atoms with Crippen molar-refractivity contribution in [3.63, 3.8) is 0 Å². The molecule has 1 unspecified atom stereocenters. The van der Waals surface area contributed by atoms with Crippen LogP contribution in [0.3, 0.4) is 0 Å². The Hall–Kier alpha value is -0.420. The summed E-state index contributed by atoms with van der Waals surface area (Å²) in [5.41, 5.74) is 0.634. The van der Waals surface area contributed by atoms with Crippen LogP contribution in [-0.4, -0.2) is 0 Å². The van der Waals surface area contributed by atoms with Crippen LogP contribution in [0.15, 0.2) is 12.1 Å². The van der Waals surface area contributed by atoms with E-state index >= 15 is 0 Å². The van der Waals surface area contributed by atoms with Gasteiger partial charge in [-0.1, -0.05) is 34.8 Å². The van der Waals surface area contributed by atoms with Gasteiger partial charge in [0.25, 0.3) is 0 Å². The van der Waals surface area contributed by atoms with E-state index in [1.165, 1.54) is 0 Å². The molecule has 0 saturated heterocycles. The molecule has 0 aromatic heterocycles. The molecule has 1 aromatic rings. The summed E-state index contributed by atoms with van der Waals surface area (Å²) >= 11 is 17.5. The van der Waals surface area contributed by atoms with Gasteiger partial charge in [-0.3, -0.25) is 0 Å². The summed E-state index contributed by atoms with van der Waals surface area (Å²) in [5.74, 6) is -0.322. The minimum atomic E-state index is -0.322. The topological polar surface area (TPSA) is 23.8 Å². The molecule has 0 bridgehead atoms. The second-order valence-corrected chi connectivity index (χ2v) is 3.88. The third-order valence-electron chi connectivity index (χ3n) is 1.67. The summed E-state index contributed by atoms with van der Waals surface area (Å²) in [6.07, 6.45) is 0. The highest BCUT2D eigenvalue weighted by Gasteiger charge is 2.13. The van der Waals surface area contributed by atoms with E-state index in [9.17, 15) is 0 Å². The van der Waals surface area contributed by atoms with Gasteiger partial charge >= 0.3 is 0 Å². The van der Waals surface area contributed by atoms with E-state index in [4.69, 9.17) is 40.1 Å².